The van der Waals surface area contributed by atoms with E-state index in [-0.39, 0.29) is 0 Å². The number of nitrogens with zero attached hydrogens (tertiary/aromatic N) is 4. The van der Waals surface area contributed by atoms with Crippen molar-refractivity contribution in [3.8, 4) is 17.8 Å². The summed E-state index contributed by atoms with van der Waals surface area (Å²) in [6, 6.07) is 47.9. The van der Waals surface area contributed by atoms with Crippen LogP contribution in [0.25, 0.3) is 82.5 Å². The fraction of sp³-hybridized carbons (Fsp3) is 0.0222. The van der Waals surface area contributed by atoms with Crippen LogP contribution in [-0.4, -0.2) is 9.13 Å². The van der Waals surface area contributed by atoms with Gasteiger partial charge in [0.25, 0.3) is 0 Å². The normalized spacial score (nSPS) is 12.6. The van der Waals surface area contributed by atoms with E-state index in [1.54, 1.807) is 6.08 Å². The van der Waals surface area contributed by atoms with Crippen LogP contribution >= 0.6 is 0 Å². The zero-order valence-corrected chi connectivity index (χ0v) is 27.2. The number of rotatable bonds is 5. The van der Waals surface area contributed by atoms with Gasteiger partial charge in [0, 0.05) is 54.8 Å². The lowest BCUT2D eigenvalue weighted by Gasteiger charge is -2.13. The molecule has 5 heteroatoms. The third-order valence-electron chi connectivity index (χ3n) is 9.75. The molecule has 0 aliphatic rings. The number of nitriles is 2. The fourth-order valence-corrected chi connectivity index (χ4v) is 7.61. The first-order valence-corrected chi connectivity index (χ1v) is 16.4. The van der Waals surface area contributed by atoms with Gasteiger partial charge in [0.15, 0.2) is 5.58 Å². The highest BCUT2D eigenvalue weighted by Crippen LogP contribution is 2.40. The summed E-state index contributed by atoms with van der Waals surface area (Å²) in [4.78, 5) is 0. The van der Waals surface area contributed by atoms with Crippen molar-refractivity contribution < 1.29 is 4.42 Å². The topological polar surface area (TPSA) is 70.6 Å². The first kappa shape index (κ1) is 29.1. The summed E-state index contributed by atoms with van der Waals surface area (Å²) in [5.41, 5.74) is 9.50. The van der Waals surface area contributed by atoms with E-state index in [0.717, 1.165) is 76.9 Å². The molecule has 6 aromatic carbocycles. The van der Waals surface area contributed by atoms with E-state index in [1.807, 2.05) is 85.8 Å². The summed E-state index contributed by atoms with van der Waals surface area (Å²) < 4.78 is 10.9. The molecule has 0 aliphatic carbocycles. The number of para-hydroxylation sites is 4. The Labute approximate surface area is 287 Å². The summed E-state index contributed by atoms with van der Waals surface area (Å²) in [5, 5.41) is 27.6. The van der Waals surface area contributed by atoms with Crippen LogP contribution in [0.3, 0.4) is 0 Å². The summed E-state index contributed by atoms with van der Waals surface area (Å²) in [6.45, 7) is 6.10. The number of benzene rings is 6. The minimum atomic E-state index is 0.404. The Morgan fingerprint density at radius 2 is 1.28 bits per heavy atom. The minimum Gasteiger partial charge on any atom is -0.454 e. The number of hydrogen-bond donors (Lipinski definition) is 0. The van der Waals surface area contributed by atoms with Crippen molar-refractivity contribution in [2.24, 2.45) is 0 Å². The van der Waals surface area contributed by atoms with Crippen molar-refractivity contribution in [3.05, 3.63) is 163 Å². The van der Waals surface area contributed by atoms with E-state index in [0.29, 0.717) is 22.3 Å². The van der Waals surface area contributed by atoms with Gasteiger partial charge in [0.05, 0.1) is 45.3 Å². The van der Waals surface area contributed by atoms with Crippen molar-refractivity contribution in [2.45, 2.75) is 6.92 Å². The van der Waals surface area contributed by atoms with Gasteiger partial charge in [-0.05, 0) is 55.5 Å². The van der Waals surface area contributed by atoms with E-state index in [1.165, 1.54) is 0 Å². The highest BCUT2D eigenvalue weighted by molar-refractivity contribution is 6.22. The highest BCUT2D eigenvalue weighted by Gasteiger charge is 2.20. The van der Waals surface area contributed by atoms with E-state index < -0.39 is 0 Å². The van der Waals surface area contributed by atoms with Crippen molar-refractivity contribution in [1.82, 2.24) is 9.13 Å². The number of furan rings is 1. The predicted molar refractivity (Wildman–Crippen MR) is 205 cm³/mol. The molecule has 50 heavy (non-hydrogen) atoms. The predicted octanol–water partition coefficient (Wildman–Crippen LogP) is 11.7. The Kier molecular flexibility index (Phi) is 6.56. The van der Waals surface area contributed by atoms with Gasteiger partial charge in [-0.15, -0.1) is 0 Å². The Balaban J connectivity index is 1.24. The first-order chi connectivity index (χ1) is 24.6. The van der Waals surface area contributed by atoms with Crippen LogP contribution in [-0.2, 0) is 0 Å². The van der Waals surface area contributed by atoms with Crippen LogP contribution in [0.15, 0.2) is 156 Å². The number of allylic oxidation sites excluding steroid dienone is 5. The standard InChI is InChI=1S/C45H28N4O/c1-3-32(33-21-20-31(25-30(33)27-47)49-41-17-9-4-12-34(41)35-13-5-10-18-42(35)49)29(26-46)24-28(2)48-40-16-8-6-14-36(40)38-22-23-39-37-15-7-11-19-43(37)50-45(39)44(38)48/h3-25H,1H2,2H3/b28-24+,32-29-. The van der Waals surface area contributed by atoms with Crippen LogP contribution in [0.2, 0.25) is 0 Å². The Morgan fingerprint density at radius 3 is 1.94 bits per heavy atom. The van der Waals surface area contributed by atoms with E-state index in [2.05, 4.69) is 82.4 Å². The molecular formula is C45H28N4O. The van der Waals surface area contributed by atoms with Crippen molar-refractivity contribution >= 4 is 76.8 Å². The van der Waals surface area contributed by atoms with E-state index >= 15 is 0 Å². The molecule has 0 N–H and O–H groups in total. The summed E-state index contributed by atoms with van der Waals surface area (Å²) in [5.74, 6) is 0. The maximum atomic E-state index is 10.6. The Hall–Kier alpha value is -7.08. The molecule has 0 saturated carbocycles. The van der Waals surface area contributed by atoms with Crippen molar-refractivity contribution in [3.63, 3.8) is 0 Å². The van der Waals surface area contributed by atoms with Crippen LogP contribution in [0.4, 0.5) is 0 Å². The number of hydrogen-bond acceptors (Lipinski definition) is 3. The second kappa shape index (κ2) is 11.3. The maximum absolute atomic E-state index is 10.6. The molecule has 3 heterocycles. The van der Waals surface area contributed by atoms with E-state index in [9.17, 15) is 10.5 Å². The maximum Gasteiger partial charge on any atom is 0.160 e. The lowest BCUT2D eigenvalue weighted by molar-refractivity contribution is 0.671. The molecule has 9 rings (SSSR count). The van der Waals surface area contributed by atoms with Gasteiger partial charge in [-0.1, -0.05) is 97.6 Å². The molecule has 5 nitrogen and oxygen atoms in total. The molecule has 0 amide bonds. The molecule has 0 spiro atoms. The molecular weight excluding hydrogens is 613 g/mol. The third-order valence-corrected chi connectivity index (χ3v) is 9.75. The van der Waals surface area contributed by atoms with E-state index in [4.69, 9.17) is 4.42 Å². The number of fused-ring (bicyclic) bond motifs is 10. The smallest absolute Gasteiger partial charge is 0.160 e. The minimum absolute atomic E-state index is 0.404. The molecule has 0 atom stereocenters. The van der Waals surface area contributed by atoms with Gasteiger partial charge in [0.2, 0.25) is 0 Å². The summed E-state index contributed by atoms with van der Waals surface area (Å²) in [6.07, 6.45) is 3.55. The van der Waals surface area contributed by atoms with Gasteiger partial charge in [-0.2, -0.15) is 10.5 Å². The summed E-state index contributed by atoms with van der Waals surface area (Å²) in [7, 11) is 0. The second-order valence-electron chi connectivity index (χ2n) is 12.4. The molecule has 0 aliphatic heterocycles. The van der Waals surface area contributed by atoms with Crippen LogP contribution in [0.5, 0.6) is 0 Å². The lowest BCUT2D eigenvalue weighted by atomic mass is 9.95. The first-order valence-electron chi connectivity index (χ1n) is 16.4. The lowest BCUT2D eigenvalue weighted by Crippen LogP contribution is -1.99. The molecule has 9 aromatic rings. The van der Waals surface area contributed by atoms with Gasteiger partial charge in [0.1, 0.15) is 5.58 Å². The fourth-order valence-electron chi connectivity index (χ4n) is 7.61. The molecule has 0 fully saturated rings. The van der Waals surface area contributed by atoms with Gasteiger partial charge in [-0.25, -0.2) is 0 Å². The third kappa shape index (κ3) is 4.18. The van der Waals surface area contributed by atoms with Gasteiger partial charge < -0.3 is 13.6 Å². The molecule has 0 radical (unpaired) electrons. The highest BCUT2D eigenvalue weighted by atomic mass is 16.3. The van der Waals surface area contributed by atoms with Crippen molar-refractivity contribution in [2.75, 3.05) is 0 Å². The quantitative estimate of drug-likeness (QED) is 0.139. The Bertz CT molecular complexity index is 2980. The van der Waals surface area contributed by atoms with Crippen LogP contribution in [0, 0.1) is 22.7 Å². The SMILES string of the molecule is C=C/C(=C(C#N)\C=C(/C)n1c2ccccc2c2ccc3c4ccccc4oc3c21)c1ccc(-n2c3ccccc3c3ccccc32)cc1C#N. The van der Waals surface area contributed by atoms with Gasteiger partial charge in [-0.3, -0.25) is 0 Å². The van der Waals surface area contributed by atoms with Crippen LogP contribution in [0.1, 0.15) is 18.1 Å². The molecule has 0 saturated heterocycles. The van der Waals surface area contributed by atoms with Crippen LogP contribution < -0.4 is 0 Å². The zero-order valence-electron chi connectivity index (χ0n) is 27.2. The zero-order chi connectivity index (χ0) is 33.9. The monoisotopic (exact) mass is 640 g/mol. The summed E-state index contributed by atoms with van der Waals surface area (Å²) >= 11 is 0. The van der Waals surface area contributed by atoms with Gasteiger partial charge >= 0.3 is 0 Å². The molecule has 234 valence electrons. The average molecular weight is 641 g/mol. The molecule has 3 aromatic heterocycles. The molecule has 0 unspecified atom stereocenters. The number of aromatic nitrogens is 2. The van der Waals surface area contributed by atoms with Crippen molar-refractivity contribution in [1.29, 1.82) is 10.5 Å². The molecule has 0 bridgehead atoms. The largest absolute Gasteiger partial charge is 0.454 e. The average Bonchev–Trinajstić information content (AvgIpc) is 3.82. The second-order valence-corrected chi connectivity index (χ2v) is 12.4. The Morgan fingerprint density at radius 1 is 0.680 bits per heavy atom.